The Labute approximate surface area is 168 Å². The maximum atomic E-state index is 13.1. The van der Waals surface area contributed by atoms with Crippen LogP contribution in [0.25, 0.3) is 16.9 Å². The molecular weight excluding hydrogens is 466 g/mol. The highest BCUT2D eigenvalue weighted by Crippen LogP contribution is 2.36. The zero-order chi connectivity index (χ0) is 19.0. The molecule has 0 spiro atoms. The van der Waals surface area contributed by atoms with E-state index in [1.165, 1.54) is 6.07 Å². The highest BCUT2D eigenvalue weighted by molar-refractivity contribution is 14.1. The van der Waals surface area contributed by atoms with Gasteiger partial charge >= 0.3 is 6.18 Å². The number of hydrogen-bond donors (Lipinski definition) is 1. The number of fused-ring (bicyclic) bond motifs is 1. The largest absolute Gasteiger partial charge is 0.416 e. The summed E-state index contributed by atoms with van der Waals surface area (Å²) in [7, 11) is 0. The average molecular weight is 483 g/mol. The molecule has 0 fully saturated rings. The van der Waals surface area contributed by atoms with Gasteiger partial charge in [0.2, 0.25) is 0 Å². The van der Waals surface area contributed by atoms with Crippen molar-refractivity contribution in [2.45, 2.75) is 25.4 Å². The van der Waals surface area contributed by atoms with Crippen LogP contribution in [0.1, 0.15) is 24.0 Å². The van der Waals surface area contributed by atoms with Crippen molar-refractivity contribution in [3.8, 4) is 16.9 Å². The monoisotopic (exact) mass is 483 g/mol. The number of aromatic nitrogens is 2. The van der Waals surface area contributed by atoms with Gasteiger partial charge in [-0.3, -0.25) is 0 Å². The lowest BCUT2D eigenvalue weighted by Crippen LogP contribution is -2.09. The van der Waals surface area contributed by atoms with Gasteiger partial charge in [0.25, 0.3) is 0 Å². The maximum Gasteiger partial charge on any atom is 0.416 e. The first-order valence-corrected chi connectivity index (χ1v) is 9.81. The fraction of sp³-hybridized carbons (Fsp3) is 0.250. The number of nitrogens with zero attached hydrogens (tertiary/aromatic N) is 2. The van der Waals surface area contributed by atoms with Gasteiger partial charge in [-0.15, -0.1) is 0 Å². The Hall–Kier alpha value is -2.03. The highest BCUT2D eigenvalue weighted by atomic mass is 127. The Morgan fingerprint density at radius 3 is 2.56 bits per heavy atom. The Morgan fingerprint density at radius 1 is 1.04 bits per heavy atom. The standard InChI is InChI=1S/C20H17F3IN3/c21-20(22,23)14-4-3-5-16(12-14)27-19-17(6-1-2-11-25-19)18(26-27)13-7-9-15(24)10-8-13/h3-5,7-10,12,25H,1-2,6,11H2. The first kappa shape index (κ1) is 18.3. The van der Waals surface area contributed by atoms with E-state index in [0.29, 0.717) is 5.69 Å². The lowest BCUT2D eigenvalue weighted by molar-refractivity contribution is -0.137. The van der Waals surface area contributed by atoms with Crippen LogP contribution in [0, 0.1) is 3.57 Å². The van der Waals surface area contributed by atoms with Crippen LogP contribution in [0.2, 0.25) is 0 Å². The van der Waals surface area contributed by atoms with E-state index in [4.69, 9.17) is 5.10 Å². The molecule has 3 aromatic rings. The summed E-state index contributed by atoms with van der Waals surface area (Å²) >= 11 is 2.25. The zero-order valence-corrected chi connectivity index (χ0v) is 16.5. The van der Waals surface area contributed by atoms with Crippen molar-refractivity contribution in [1.82, 2.24) is 9.78 Å². The van der Waals surface area contributed by atoms with Gasteiger partial charge in [-0.25, -0.2) is 4.68 Å². The second-order valence-corrected chi connectivity index (χ2v) is 7.77. The molecule has 2 heterocycles. The number of benzene rings is 2. The maximum absolute atomic E-state index is 13.1. The Balaban J connectivity index is 1.88. The van der Waals surface area contributed by atoms with Crippen LogP contribution in [0.3, 0.4) is 0 Å². The van der Waals surface area contributed by atoms with Gasteiger partial charge in [0.1, 0.15) is 5.82 Å². The van der Waals surface area contributed by atoms with E-state index in [2.05, 4.69) is 27.9 Å². The van der Waals surface area contributed by atoms with E-state index in [1.807, 2.05) is 24.3 Å². The van der Waals surface area contributed by atoms with Gasteiger partial charge in [0.15, 0.2) is 0 Å². The van der Waals surface area contributed by atoms with E-state index in [0.717, 1.165) is 64.1 Å². The van der Waals surface area contributed by atoms with Gasteiger partial charge in [-0.2, -0.15) is 18.3 Å². The molecule has 0 aliphatic carbocycles. The van der Waals surface area contributed by atoms with Crippen molar-refractivity contribution < 1.29 is 13.2 Å². The number of rotatable bonds is 2. The molecule has 1 N–H and O–H groups in total. The summed E-state index contributed by atoms with van der Waals surface area (Å²) in [5.41, 5.74) is 2.60. The summed E-state index contributed by atoms with van der Waals surface area (Å²) in [6, 6.07) is 13.3. The van der Waals surface area contributed by atoms with Crippen molar-refractivity contribution in [1.29, 1.82) is 0 Å². The van der Waals surface area contributed by atoms with Crippen molar-refractivity contribution in [3.63, 3.8) is 0 Å². The number of alkyl halides is 3. The summed E-state index contributed by atoms with van der Waals surface area (Å²) in [6.07, 6.45) is -1.50. The lowest BCUT2D eigenvalue weighted by atomic mass is 10.0. The van der Waals surface area contributed by atoms with Gasteiger partial charge in [-0.05, 0) is 72.2 Å². The molecule has 1 aromatic heterocycles. The molecule has 4 rings (SSSR count). The van der Waals surface area contributed by atoms with Gasteiger partial charge in [0.05, 0.1) is 16.9 Å². The predicted octanol–water partition coefficient (Wildman–Crippen LogP) is 5.91. The molecule has 0 radical (unpaired) electrons. The van der Waals surface area contributed by atoms with E-state index in [-0.39, 0.29) is 0 Å². The first-order chi connectivity index (χ1) is 12.9. The summed E-state index contributed by atoms with van der Waals surface area (Å²) in [5, 5.41) is 8.08. The van der Waals surface area contributed by atoms with Crippen molar-refractivity contribution in [3.05, 3.63) is 63.2 Å². The molecule has 1 aliphatic heterocycles. The molecule has 1 aliphatic rings. The van der Waals surface area contributed by atoms with Gasteiger partial charge < -0.3 is 5.32 Å². The second kappa shape index (κ2) is 7.18. The molecule has 0 saturated heterocycles. The van der Waals surface area contributed by atoms with Crippen molar-refractivity contribution >= 4 is 28.4 Å². The number of anilines is 1. The van der Waals surface area contributed by atoms with Crippen LogP contribution in [-0.2, 0) is 12.6 Å². The fourth-order valence-electron chi connectivity index (χ4n) is 3.34. The summed E-state index contributed by atoms with van der Waals surface area (Å²) in [6.45, 7) is 0.782. The molecule has 0 unspecified atom stereocenters. The van der Waals surface area contributed by atoms with E-state index < -0.39 is 11.7 Å². The lowest BCUT2D eigenvalue weighted by Gasteiger charge is -2.12. The molecule has 140 valence electrons. The molecule has 3 nitrogen and oxygen atoms in total. The fourth-order valence-corrected chi connectivity index (χ4v) is 3.70. The molecule has 7 heteroatoms. The minimum Gasteiger partial charge on any atom is -0.370 e. The van der Waals surface area contributed by atoms with Crippen LogP contribution < -0.4 is 5.32 Å². The SMILES string of the molecule is FC(F)(F)c1cccc(-n2nc(-c3ccc(I)cc3)c3c2NCCCC3)c1. The Morgan fingerprint density at radius 2 is 1.81 bits per heavy atom. The summed E-state index contributed by atoms with van der Waals surface area (Å²) in [5.74, 6) is 0.792. The zero-order valence-electron chi connectivity index (χ0n) is 14.4. The first-order valence-electron chi connectivity index (χ1n) is 8.73. The van der Waals surface area contributed by atoms with Crippen LogP contribution in [0.15, 0.2) is 48.5 Å². The molecule has 0 amide bonds. The minimum absolute atomic E-state index is 0.409. The van der Waals surface area contributed by atoms with Crippen LogP contribution in [0.4, 0.5) is 19.0 Å². The third-order valence-corrected chi connectivity index (χ3v) is 5.38. The smallest absolute Gasteiger partial charge is 0.370 e. The molecule has 2 aromatic carbocycles. The Bertz CT molecular complexity index is 962. The summed E-state index contributed by atoms with van der Waals surface area (Å²) < 4.78 is 42.2. The molecule has 0 bridgehead atoms. The predicted molar refractivity (Wildman–Crippen MR) is 108 cm³/mol. The normalized spacial score (nSPS) is 14.4. The Kier molecular flexibility index (Phi) is 4.88. The third kappa shape index (κ3) is 3.69. The third-order valence-electron chi connectivity index (χ3n) is 4.67. The van der Waals surface area contributed by atoms with Gasteiger partial charge in [-0.1, -0.05) is 18.2 Å². The summed E-state index contributed by atoms with van der Waals surface area (Å²) in [4.78, 5) is 0. The van der Waals surface area contributed by atoms with Crippen molar-refractivity contribution in [2.75, 3.05) is 11.9 Å². The number of nitrogens with one attached hydrogen (secondary N) is 1. The number of hydrogen-bond acceptors (Lipinski definition) is 2. The molecule has 27 heavy (non-hydrogen) atoms. The highest BCUT2D eigenvalue weighted by Gasteiger charge is 2.31. The minimum atomic E-state index is -4.38. The van der Waals surface area contributed by atoms with Gasteiger partial charge in [0, 0.05) is 21.2 Å². The van der Waals surface area contributed by atoms with E-state index in [1.54, 1.807) is 10.7 Å². The van der Waals surface area contributed by atoms with Crippen LogP contribution >= 0.6 is 22.6 Å². The molecule has 0 saturated carbocycles. The average Bonchev–Trinajstić information content (AvgIpc) is 2.83. The second-order valence-electron chi connectivity index (χ2n) is 6.53. The molecule has 0 atom stereocenters. The van der Waals surface area contributed by atoms with E-state index >= 15 is 0 Å². The molecular formula is C20H17F3IN3. The number of halogens is 4. The topological polar surface area (TPSA) is 29.9 Å². The van der Waals surface area contributed by atoms with Crippen LogP contribution in [0.5, 0.6) is 0 Å². The van der Waals surface area contributed by atoms with Crippen LogP contribution in [-0.4, -0.2) is 16.3 Å². The van der Waals surface area contributed by atoms with E-state index in [9.17, 15) is 13.2 Å². The van der Waals surface area contributed by atoms with Crippen molar-refractivity contribution in [2.24, 2.45) is 0 Å². The quantitative estimate of drug-likeness (QED) is 0.460.